The number of quaternary nitrogens is 1. The molecule has 0 radical (unpaired) electrons. The molecule has 1 aliphatic rings. The van der Waals surface area contributed by atoms with Gasteiger partial charge in [0.25, 0.3) is 0 Å². The minimum atomic E-state index is -1.05. The molecule has 1 heterocycles. The van der Waals surface area contributed by atoms with Crippen LogP contribution in [0.1, 0.15) is 6.42 Å². The molecule has 0 aromatic heterocycles. The van der Waals surface area contributed by atoms with Crippen molar-refractivity contribution in [3.63, 3.8) is 0 Å². The summed E-state index contributed by atoms with van der Waals surface area (Å²) >= 11 is 0. The minimum absolute atomic E-state index is 0.0426. The van der Waals surface area contributed by atoms with Gasteiger partial charge in [0.1, 0.15) is 19.4 Å². The van der Waals surface area contributed by atoms with Crippen molar-refractivity contribution < 1.29 is 29.0 Å². The predicted molar refractivity (Wildman–Crippen MR) is 67.5 cm³/mol. The maximum absolute atomic E-state index is 11.0. The standard InChI is InChI=1S/C12H16N2O5/c1-2-3-10-13-4-5-14(10,8-11(15)16)6-7-19-9-12(17)18/h2,4-5H,1,3,6-9H2,(H-,15,16,17,18)/p+1. The van der Waals surface area contributed by atoms with Crippen LogP contribution < -0.4 is 0 Å². The van der Waals surface area contributed by atoms with Crippen LogP contribution in [-0.4, -0.2) is 58.8 Å². The zero-order valence-electron chi connectivity index (χ0n) is 10.5. The lowest BCUT2D eigenvalue weighted by Gasteiger charge is -2.30. The molecule has 104 valence electrons. The first-order valence-electron chi connectivity index (χ1n) is 5.74. The minimum Gasteiger partial charge on any atom is -0.480 e. The van der Waals surface area contributed by atoms with E-state index in [4.69, 9.17) is 14.9 Å². The van der Waals surface area contributed by atoms with Crippen LogP contribution in [-0.2, 0) is 14.3 Å². The Kier molecular flexibility index (Phi) is 5.40. The van der Waals surface area contributed by atoms with Gasteiger partial charge in [-0.25, -0.2) is 19.1 Å². The number of ether oxygens (including phenoxy) is 1. The SMILES string of the molecule is C=CCC1=NC=C[N+]1(CCOCC(=O)O)CC(=O)O. The summed E-state index contributed by atoms with van der Waals surface area (Å²) in [5.74, 6) is -1.35. The normalized spacial score (nSPS) is 21.2. The van der Waals surface area contributed by atoms with Crippen LogP contribution >= 0.6 is 0 Å². The Morgan fingerprint density at radius 2 is 2.16 bits per heavy atom. The number of hydrogen-bond donors (Lipinski definition) is 2. The first-order chi connectivity index (χ1) is 9.00. The van der Waals surface area contributed by atoms with Gasteiger partial charge < -0.3 is 14.9 Å². The van der Waals surface area contributed by atoms with Crippen molar-refractivity contribution in [2.45, 2.75) is 6.42 Å². The molecule has 1 aliphatic heterocycles. The molecule has 2 N–H and O–H groups in total. The molecule has 1 atom stereocenters. The Balaban J connectivity index is 2.68. The van der Waals surface area contributed by atoms with Gasteiger partial charge in [-0.3, -0.25) is 0 Å². The molecule has 0 bridgehead atoms. The zero-order valence-corrected chi connectivity index (χ0v) is 10.5. The van der Waals surface area contributed by atoms with E-state index in [0.717, 1.165) is 0 Å². The van der Waals surface area contributed by atoms with E-state index >= 15 is 0 Å². The van der Waals surface area contributed by atoms with Gasteiger partial charge in [-0.05, 0) is 0 Å². The predicted octanol–water partition coefficient (Wildman–Crippen LogP) is 0.448. The monoisotopic (exact) mass is 269 g/mol. The second-order valence-electron chi connectivity index (χ2n) is 4.09. The molecule has 1 unspecified atom stereocenters. The van der Waals surface area contributed by atoms with Gasteiger partial charge >= 0.3 is 11.9 Å². The summed E-state index contributed by atoms with van der Waals surface area (Å²) in [4.78, 5) is 25.5. The largest absolute Gasteiger partial charge is 0.480 e. The molecule has 7 heteroatoms. The van der Waals surface area contributed by atoms with Crippen LogP contribution in [0, 0.1) is 0 Å². The van der Waals surface area contributed by atoms with Crippen molar-refractivity contribution in [3.05, 3.63) is 25.1 Å². The topological polar surface area (TPSA) is 96.2 Å². The Morgan fingerprint density at radius 3 is 2.74 bits per heavy atom. The maximum atomic E-state index is 11.0. The van der Waals surface area contributed by atoms with E-state index in [1.54, 1.807) is 18.5 Å². The molecule has 0 fully saturated rings. The molecule has 19 heavy (non-hydrogen) atoms. The van der Waals surface area contributed by atoms with E-state index in [0.29, 0.717) is 18.8 Å². The van der Waals surface area contributed by atoms with Crippen molar-refractivity contribution in [1.29, 1.82) is 0 Å². The summed E-state index contributed by atoms with van der Waals surface area (Å²) in [5, 5.41) is 17.5. The second-order valence-corrected chi connectivity index (χ2v) is 4.09. The lowest BCUT2D eigenvalue weighted by molar-refractivity contribution is -0.780. The van der Waals surface area contributed by atoms with Gasteiger partial charge in [0.05, 0.1) is 19.2 Å². The molecule has 0 saturated carbocycles. The number of carbonyl (C=O) groups is 2. The van der Waals surface area contributed by atoms with E-state index in [9.17, 15) is 9.59 Å². The summed E-state index contributed by atoms with van der Waals surface area (Å²) in [6, 6.07) is 0. The van der Waals surface area contributed by atoms with Gasteiger partial charge in [0.15, 0.2) is 6.54 Å². The van der Waals surface area contributed by atoms with Crippen molar-refractivity contribution in [3.8, 4) is 0 Å². The fourth-order valence-corrected chi connectivity index (χ4v) is 1.87. The number of aliphatic carboxylic acids is 2. The maximum Gasteiger partial charge on any atom is 0.360 e. The quantitative estimate of drug-likeness (QED) is 0.360. The highest BCUT2D eigenvalue weighted by atomic mass is 16.5. The summed E-state index contributed by atoms with van der Waals surface area (Å²) < 4.78 is 5.01. The third-order valence-electron chi connectivity index (χ3n) is 2.69. The Bertz CT molecular complexity index is 430. The third-order valence-corrected chi connectivity index (χ3v) is 2.69. The third kappa shape index (κ3) is 4.31. The molecule has 0 aliphatic carbocycles. The Labute approximate surface area is 110 Å². The van der Waals surface area contributed by atoms with Crippen LogP contribution in [0.3, 0.4) is 0 Å². The van der Waals surface area contributed by atoms with E-state index in [-0.39, 0.29) is 17.6 Å². The van der Waals surface area contributed by atoms with Gasteiger partial charge in [-0.1, -0.05) is 6.08 Å². The molecule has 0 aromatic carbocycles. The average molecular weight is 269 g/mol. The van der Waals surface area contributed by atoms with Crippen LogP contribution in [0.5, 0.6) is 0 Å². The molecular weight excluding hydrogens is 252 g/mol. The van der Waals surface area contributed by atoms with Gasteiger partial charge in [0, 0.05) is 0 Å². The lowest BCUT2D eigenvalue weighted by Crippen LogP contribution is -2.51. The van der Waals surface area contributed by atoms with Crippen LogP contribution in [0.15, 0.2) is 30.0 Å². The summed E-state index contributed by atoms with van der Waals surface area (Å²) in [5.41, 5.74) is 0. The molecule has 0 amide bonds. The number of amidine groups is 1. The number of carboxylic acid groups (broad SMARTS) is 2. The highest BCUT2D eigenvalue weighted by Crippen LogP contribution is 2.19. The van der Waals surface area contributed by atoms with Gasteiger partial charge in [-0.15, -0.1) is 6.58 Å². The van der Waals surface area contributed by atoms with E-state index in [1.807, 2.05) is 0 Å². The molecule has 0 aromatic rings. The molecule has 7 nitrogen and oxygen atoms in total. The number of hydrogen-bond acceptors (Lipinski definition) is 4. The summed E-state index contributed by atoms with van der Waals surface area (Å²) in [7, 11) is 0. The Morgan fingerprint density at radius 1 is 1.42 bits per heavy atom. The number of rotatable bonds is 9. The van der Waals surface area contributed by atoms with Crippen LogP contribution in [0.25, 0.3) is 0 Å². The van der Waals surface area contributed by atoms with E-state index in [1.165, 1.54) is 0 Å². The fraction of sp³-hybridized carbons (Fsp3) is 0.417. The van der Waals surface area contributed by atoms with E-state index in [2.05, 4.69) is 11.6 Å². The lowest BCUT2D eigenvalue weighted by atomic mass is 10.2. The number of aliphatic imine (C=N–C) groups is 1. The molecule has 1 rings (SSSR count). The van der Waals surface area contributed by atoms with Crippen molar-refractivity contribution >= 4 is 17.8 Å². The molecular formula is C12H17N2O5+. The van der Waals surface area contributed by atoms with Gasteiger partial charge in [0.2, 0.25) is 5.84 Å². The molecule has 0 saturated heterocycles. The van der Waals surface area contributed by atoms with Crippen molar-refractivity contribution in [2.24, 2.45) is 4.99 Å². The fourth-order valence-electron chi connectivity index (χ4n) is 1.87. The van der Waals surface area contributed by atoms with Crippen LogP contribution in [0.2, 0.25) is 0 Å². The second kappa shape index (κ2) is 6.81. The first kappa shape index (κ1) is 15.1. The van der Waals surface area contributed by atoms with Gasteiger partial charge in [-0.2, -0.15) is 0 Å². The summed E-state index contributed by atoms with van der Waals surface area (Å²) in [6.45, 7) is 3.52. The Hall–Kier alpha value is -1.99. The highest BCUT2D eigenvalue weighted by Gasteiger charge is 2.36. The highest BCUT2D eigenvalue weighted by molar-refractivity contribution is 5.82. The number of nitrogens with zero attached hydrogens (tertiary/aromatic N) is 2. The average Bonchev–Trinajstić information content (AvgIpc) is 2.68. The first-order valence-corrected chi connectivity index (χ1v) is 5.74. The molecule has 0 spiro atoms. The number of carboxylic acids is 2. The van der Waals surface area contributed by atoms with Crippen LogP contribution in [0.4, 0.5) is 0 Å². The zero-order chi connectivity index (χ0) is 14.3. The summed E-state index contributed by atoms with van der Waals surface area (Å²) in [6.07, 6.45) is 5.36. The van der Waals surface area contributed by atoms with E-state index < -0.39 is 18.5 Å². The smallest absolute Gasteiger partial charge is 0.360 e. The van der Waals surface area contributed by atoms with Crippen molar-refractivity contribution in [2.75, 3.05) is 26.3 Å². The van der Waals surface area contributed by atoms with Crippen molar-refractivity contribution in [1.82, 2.24) is 0 Å².